The number of aryl methyl sites for hydroxylation is 1. The van der Waals surface area contributed by atoms with Crippen molar-refractivity contribution >= 4 is 17.3 Å². The van der Waals surface area contributed by atoms with Crippen molar-refractivity contribution in [3.05, 3.63) is 16.1 Å². The van der Waals surface area contributed by atoms with Crippen LogP contribution in [0.3, 0.4) is 0 Å². The summed E-state index contributed by atoms with van der Waals surface area (Å²) in [4.78, 5) is 12.4. The molecule has 112 valence electrons. The summed E-state index contributed by atoms with van der Waals surface area (Å²) in [6, 6.07) is 0.625. The standard InChI is InChI=1S/C14H25N5S/c1-4-12-9-16-13(20-12)10-18-14(15-2)17-8-11-6-5-7-19(11)3/h9,11H,4-8,10H2,1-3H3,(H2,15,17,18). The lowest BCUT2D eigenvalue weighted by molar-refractivity contribution is 0.309. The Labute approximate surface area is 125 Å². The number of rotatable bonds is 5. The Balaban J connectivity index is 1.75. The fourth-order valence-corrected chi connectivity index (χ4v) is 3.23. The topological polar surface area (TPSA) is 52.6 Å². The lowest BCUT2D eigenvalue weighted by Gasteiger charge is -2.21. The second-order valence-electron chi connectivity index (χ2n) is 5.16. The summed E-state index contributed by atoms with van der Waals surface area (Å²) in [5, 5.41) is 7.85. The van der Waals surface area contributed by atoms with Gasteiger partial charge in [0, 0.05) is 30.7 Å². The summed E-state index contributed by atoms with van der Waals surface area (Å²) in [6.07, 6.45) is 5.59. The average Bonchev–Trinajstić information content (AvgIpc) is 3.08. The number of thiazole rings is 1. The number of nitrogens with zero attached hydrogens (tertiary/aromatic N) is 3. The lowest BCUT2D eigenvalue weighted by Crippen LogP contribution is -2.43. The quantitative estimate of drug-likeness (QED) is 0.638. The minimum Gasteiger partial charge on any atom is -0.355 e. The maximum Gasteiger partial charge on any atom is 0.191 e. The second-order valence-corrected chi connectivity index (χ2v) is 6.36. The van der Waals surface area contributed by atoms with E-state index >= 15 is 0 Å². The molecule has 0 saturated carbocycles. The van der Waals surface area contributed by atoms with Crippen LogP contribution >= 0.6 is 11.3 Å². The lowest BCUT2D eigenvalue weighted by atomic mass is 10.2. The summed E-state index contributed by atoms with van der Waals surface area (Å²) in [7, 11) is 4.00. The summed E-state index contributed by atoms with van der Waals surface area (Å²) in [6.45, 7) is 5.06. The third kappa shape index (κ3) is 4.18. The molecule has 1 aliphatic rings. The van der Waals surface area contributed by atoms with Crippen molar-refractivity contribution in [1.29, 1.82) is 0 Å². The molecule has 1 unspecified atom stereocenters. The zero-order valence-corrected chi connectivity index (χ0v) is 13.5. The van der Waals surface area contributed by atoms with E-state index in [9.17, 15) is 0 Å². The first kappa shape index (κ1) is 15.3. The molecule has 1 fully saturated rings. The van der Waals surface area contributed by atoms with Crippen LogP contribution in [-0.4, -0.2) is 49.1 Å². The molecule has 5 nitrogen and oxygen atoms in total. The predicted molar refractivity (Wildman–Crippen MR) is 85.3 cm³/mol. The molecule has 0 aliphatic carbocycles. The molecular weight excluding hydrogens is 270 g/mol. The van der Waals surface area contributed by atoms with Gasteiger partial charge in [0.25, 0.3) is 0 Å². The van der Waals surface area contributed by atoms with Gasteiger partial charge in [0.2, 0.25) is 0 Å². The molecule has 0 aromatic carbocycles. The normalized spacial score (nSPS) is 20.4. The summed E-state index contributed by atoms with van der Waals surface area (Å²) < 4.78 is 0. The summed E-state index contributed by atoms with van der Waals surface area (Å²) >= 11 is 1.76. The number of hydrogen-bond acceptors (Lipinski definition) is 4. The van der Waals surface area contributed by atoms with Crippen molar-refractivity contribution in [2.24, 2.45) is 4.99 Å². The van der Waals surface area contributed by atoms with Crippen molar-refractivity contribution in [3.8, 4) is 0 Å². The van der Waals surface area contributed by atoms with E-state index in [1.165, 1.54) is 24.3 Å². The van der Waals surface area contributed by atoms with Gasteiger partial charge in [-0.15, -0.1) is 11.3 Å². The number of aliphatic imine (C=N–C) groups is 1. The van der Waals surface area contributed by atoms with Gasteiger partial charge >= 0.3 is 0 Å². The first-order valence-corrected chi connectivity index (χ1v) is 8.13. The van der Waals surface area contributed by atoms with E-state index in [4.69, 9.17) is 0 Å². The highest BCUT2D eigenvalue weighted by molar-refractivity contribution is 7.11. The van der Waals surface area contributed by atoms with Crippen molar-refractivity contribution in [1.82, 2.24) is 20.5 Å². The molecule has 20 heavy (non-hydrogen) atoms. The van der Waals surface area contributed by atoms with Gasteiger partial charge in [-0.25, -0.2) is 4.98 Å². The Morgan fingerprint density at radius 1 is 1.55 bits per heavy atom. The van der Waals surface area contributed by atoms with Gasteiger partial charge in [-0.05, 0) is 32.9 Å². The first-order chi connectivity index (χ1) is 9.72. The van der Waals surface area contributed by atoms with Crippen LogP contribution in [0.1, 0.15) is 29.7 Å². The van der Waals surface area contributed by atoms with Gasteiger partial charge in [0.15, 0.2) is 5.96 Å². The number of likely N-dealkylation sites (N-methyl/N-ethyl adjacent to an activating group) is 1. The predicted octanol–water partition coefficient (Wildman–Crippen LogP) is 1.46. The molecule has 2 heterocycles. The van der Waals surface area contributed by atoms with Gasteiger partial charge in [-0.2, -0.15) is 0 Å². The van der Waals surface area contributed by atoms with E-state index in [0.717, 1.165) is 30.5 Å². The third-order valence-corrected chi connectivity index (χ3v) is 4.90. The maximum atomic E-state index is 4.41. The zero-order chi connectivity index (χ0) is 14.4. The molecular formula is C14H25N5S. The average molecular weight is 295 g/mol. The number of nitrogens with one attached hydrogen (secondary N) is 2. The molecule has 1 aliphatic heterocycles. The molecule has 6 heteroatoms. The molecule has 1 saturated heterocycles. The minimum absolute atomic E-state index is 0.625. The van der Waals surface area contributed by atoms with Crippen LogP contribution < -0.4 is 10.6 Å². The molecule has 2 rings (SSSR count). The van der Waals surface area contributed by atoms with Crippen LogP contribution in [-0.2, 0) is 13.0 Å². The van der Waals surface area contributed by atoms with E-state index in [2.05, 4.69) is 39.5 Å². The van der Waals surface area contributed by atoms with E-state index < -0.39 is 0 Å². The van der Waals surface area contributed by atoms with Crippen LogP contribution in [0, 0.1) is 0 Å². The fraction of sp³-hybridized carbons (Fsp3) is 0.714. The van der Waals surface area contributed by atoms with E-state index in [-0.39, 0.29) is 0 Å². The van der Waals surface area contributed by atoms with Crippen LogP contribution in [0.2, 0.25) is 0 Å². The van der Waals surface area contributed by atoms with Crippen molar-refractivity contribution in [3.63, 3.8) is 0 Å². The fourth-order valence-electron chi connectivity index (χ4n) is 2.42. The van der Waals surface area contributed by atoms with Crippen molar-refractivity contribution in [2.45, 2.75) is 38.8 Å². The third-order valence-electron chi connectivity index (χ3n) is 3.76. The number of likely N-dealkylation sites (tertiary alicyclic amines) is 1. The zero-order valence-electron chi connectivity index (χ0n) is 12.6. The molecule has 1 atom stereocenters. The smallest absolute Gasteiger partial charge is 0.191 e. The molecule has 2 N–H and O–H groups in total. The van der Waals surface area contributed by atoms with Gasteiger partial charge < -0.3 is 15.5 Å². The largest absolute Gasteiger partial charge is 0.355 e. The van der Waals surface area contributed by atoms with Crippen LogP contribution in [0.4, 0.5) is 0 Å². The Hall–Kier alpha value is -1.14. The van der Waals surface area contributed by atoms with Gasteiger partial charge in [0.05, 0.1) is 6.54 Å². The van der Waals surface area contributed by atoms with E-state index in [1.807, 2.05) is 13.2 Å². The summed E-state index contributed by atoms with van der Waals surface area (Å²) in [5.41, 5.74) is 0. The molecule has 1 aromatic rings. The molecule has 0 spiro atoms. The van der Waals surface area contributed by atoms with Gasteiger partial charge in [0.1, 0.15) is 5.01 Å². The summed E-state index contributed by atoms with van der Waals surface area (Å²) in [5.74, 6) is 0.860. The SMILES string of the molecule is CCc1cnc(CNC(=NC)NCC2CCCN2C)s1. The Morgan fingerprint density at radius 3 is 3.00 bits per heavy atom. The van der Waals surface area contributed by atoms with Gasteiger partial charge in [-0.3, -0.25) is 4.99 Å². The van der Waals surface area contributed by atoms with E-state index in [0.29, 0.717) is 6.04 Å². The van der Waals surface area contributed by atoms with E-state index in [1.54, 1.807) is 11.3 Å². The molecule has 0 bridgehead atoms. The Morgan fingerprint density at radius 2 is 2.40 bits per heavy atom. The highest BCUT2D eigenvalue weighted by Crippen LogP contribution is 2.14. The monoisotopic (exact) mass is 295 g/mol. The van der Waals surface area contributed by atoms with Crippen molar-refractivity contribution < 1.29 is 0 Å². The molecule has 0 amide bonds. The molecule has 0 radical (unpaired) electrons. The van der Waals surface area contributed by atoms with Crippen LogP contribution in [0.25, 0.3) is 0 Å². The van der Waals surface area contributed by atoms with Crippen LogP contribution in [0.15, 0.2) is 11.2 Å². The number of guanidine groups is 1. The highest BCUT2D eigenvalue weighted by Gasteiger charge is 2.20. The number of hydrogen-bond donors (Lipinski definition) is 2. The van der Waals surface area contributed by atoms with Gasteiger partial charge in [-0.1, -0.05) is 6.92 Å². The number of aromatic nitrogens is 1. The Kier molecular flexibility index (Phi) is 5.79. The maximum absolute atomic E-state index is 4.41. The minimum atomic E-state index is 0.625. The molecule has 1 aromatic heterocycles. The van der Waals surface area contributed by atoms with Crippen molar-refractivity contribution in [2.75, 3.05) is 27.2 Å². The Bertz CT molecular complexity index is 443. The second kappa shape index (κ2) is 7.59. The highest BCUT2D eigenvalue weighted by atomic mass is 32.1. The first-order valence-electron chi connectivity index (χ1n) is 7.31. The van der Waals surface area contributed by atoms with Crippen LogP contribution in [0.5, 0.6) is 0 Å².